The first-order chi connectivity index (χ1) is 11.6. The SMILES string of the molecule is COc1nc(N2CCCCCC2)nc(N2CC(=O)N(C)[C@H](C)C2)n1. The highest BCUT2D eigenvalue weighted by Crippen LogP contribution is 2.22. The fourth-order valence-electron chi connectivity index (χ4n) is 3.16. The molecule has 1 amide bonds. The van der Waals surface area contributed by atoms with Gasteiger partial charge in [-0.3, -0.25) is 4.79 Å². The van der Waals surface area contributed by atoms with Crippen molar-refractivity contribution in [2.45, 2.75) is 38.6 Å². The van der Waals surface area contributed by atoms with Gasteiger partial charge in [0.05, 0.1) is 7.11 Å². The molecule has 0 aromatic carbocycles. The van der Waals surface area contributed by atoms with Crippen molar-refractivity contribution < 1.29 is 9.53 Å². The monoisotopic (exact) mass is 334 g/mol. The molecule has 0 unspecified atom stereocenters. The van der Waals surface area contributed by atoms with Crippen LogP contribution in [0.2, 0.25) is 0 Å². The van der Waals surface area contributed by atoms with Crippen LogP contribution in [0.25, 0.3) is 0 Å². The third kappa shape index (κ3) is 3.52. The number of hydrogen-bond donors (Lipinski definition) is 0. The molecule has 0 radical (unpaired) electrons. The van der Waals surface area contributed by atoms with Gasteiger partial charge in [0.1, 0.15) is 6.54 Å². The molecule has 0 spiro atoms. The lowest BCUT2D eigenvalue weighted by Gasteiger charge is -2.37. The maximum Gasteiger partial charge on any atom is 0.322 e. The Morgan fingerprint density at radius 3 is 2.21 bits per heavy atom. The zero-order valence-electron chi connectivity index (χ0n) is 14.7. The average Bonchev–Trinajstić information content (AvgIpc) is 2.88. The Morgan fingerprint density at radius 1 is 1.00 bits per heavy atom. The van der Waals surface area contributed by atoms with Gasteiger partial charge in [-0.2, -0.15) is 15.0 Å². The third-order valence-corrected chi connectivity index (χ3v) is 4.81. The topological polar surface area (TPSA) is 74.7 Å². The van der Waals surface area contributed by atoms with E-state index >= 15 is 0 Å². The maximum absolute atomic E-state index is 12.1. The number of nitrogens with zero attached hydrogens (tertiary/aromatic N) is 6. The molecule has 2 fully saturated rings. The molecule has 3 heterocycles. The Labute approximate surface area is 142 Å². The van der Waals surface area contributed by atoms with Crippen molar-refractivity contribution in [2.24, 2.45) is 0 Å². The second-order valence-electron chi connectivity index (χ2n) is 6.56. The predicted octanol–water partition coefficient (Wildman–Crippen LogP) is 0.928. The molecule has 0 aliphatic carbocycles. The quantitative estimate of drug-likeness (QED) is 0.814. The van der Waals surface area contributed by atoms with Crippen LogP contribution in [0.3, 0.4) is 0 Å². The fourth-order valence-corrected chi connectivity index (χ4v) is 3.16. The van der Waals surface area contributed by atoms with Gasteiger partial charge in [0.2, 0.25) is 17.8 Å². The van der Waals surface area contributed by atoms with Crippen LogP contribution in [0.4, 0.5) is 11.9 Å². The van der Waals surface area contributed by atoms with Crippen LogP contribution < -0.4 is 14.5 Å². The number of aromatic nitrogens is 3. The van der Waals surface area contributed by atoms with Crippen LogP contribution in [-0.2, 0) is 4.79 Å². The molecule has 0 bridgehead atoms. The molecule has 1 aromatic rings. The third-order valence-electron chi connectivity index (χ3n) is 4.81. The molecule has 1 aromatic heterocycles. The Balaban J connectivity index is 1.87. The van der Waals surface area contributed by atoms with Crippen molar-refractivity contribution in [2.75, 3.05) is 50.1 Å². The van der Waals surface area contributed by atoms with Crippen molar-refractivity contribution in [3.63, 3.8) is 0 Å². The van der Waals surface area contributed by atoms with Crippen LogP contribution >= 0.6 is 0 Å². The van der Waals surface area contributed by atoms with E-state index in [4.69, 9.17) is 4.74 Å². The number of methoxy groups -OCH3 is 1. The summed E-state index contributed by atoms with van der Waals surface area (Å²) in [5, 5.41) is 0. The Hall–Kier alpha value is -2.12. The number of hydrogen-bond acceptors (Lipinski definition) is 7. The van der Waals surface area contributed by atoms with Gasteiger partial charge >= 0.3 is 6.01 Å². The van der Waals surface area contributed by atoms with Crippen molar-refractivity contribution in [1.29, 1.82) is 0 Å². The second-order valence-corrected chi connectivity index (χ2v) is 6.56. The lowest BCUT2D eigenvalue weighted by atomic mass is 10.2. The van der Waals surface area contributed by atoms with E-state index in [0.717, 1.165) is 25.9 Å². The van der Waals surface area contributed by atoms with E-state index in [2.05, 4.69) is 19.9 Å². The highest BCUT2D eigenvalue weighted by molar-refractivity contribution is 5.82. The molecular weight excluding hydrogens is 308 g/mol. The van der Waals surface area contributed by atoms with E-state index in [-0.39, 0.29) is 18.5 Å². The molecular formula is C16H26N6O2. The first kappa shape index (κ1) is 16.7. The van der Waals surface area contributed by atoms with Crippen LogP contribution in [0, 0.1) is 0 Å². The van der Waals surface area contributed by atoms with Gasteiger partial charge in [0.15, 0.2) is 0 Å². The Kier molecular flexibility index (Phi) is 5.01. The van der Waals surface area contributed by atoms with E-state index in [1.165, 1.54) is 12.8 Å². The van der Waals surface area contributed by atoms with E-state index in [1.54, 1.807) is 12.0 Å². The number of amides is 1. The van der Waals surface area contributed by atoms with Gasteiger partial charge in [-0.25, -0.2) is 0 Å². The molecule has 3 rings (SSSR count). The van der Waals surface area contributed by atoms with Crippen molar-refractivity contribution in [3.8, 4) is 6.01 Å². The molecule has 8 nitrogen and oxygen atoms in total. The van der Waals surface area contributed by atoms with Crippen molar-refractivity contribution >= 4 is 17.8 Å². The molecule has 2 aliphatic rings. The minimum Gasteiger partial charge on any atom is -0.467 e. The summed E-state index contributed by atoms with van der Waals surface area (Å²) in [5.41, 5.74) is 0. The van der Waals surface area contributed by atoms with Crippen LogP contribution in [-0.4, -0.2) is 72.1 Å². The number of carbonyl (C=O) groups excluding carboxylic acids is 1. The van der Waals surface area contributed by atoms with Gasteiger partial charge in [0, 0.05) is 32.7 Å². The zero-order chi connectivity index (χ0) is 17.1. The van der Waals surface area contributed by atoms with Crippen LogP contribution in [0.1, 0.15) is 32.6 Å². The Bertz CT molecular complexity index is 588. The number of carbonyl (C=O) groups is 1. The van der Waals surface area contributed by atoms with E-state index < -0.39 is 0 Å². The molecule has 1 atom stereocenters. The van der Waals surface area contributed by atoms with Crippen molar-refractivity contribution in [1.82, 2.24) is 19.9 Å². The molecule has 132 valence electrons. The minimum atomic E-state index is 0.0736. The smallest absolute Gasteiger partial charge is 0.322 e. The van der Waals surface area contributed by atoms with Crippen molar-refractivity contribution in [3.05, 3.63) is 0 Å². The number of anilines is 2. The summed E-state index contributed by atoms with van der Waals surface area (Å²) >= 11 is 0. The maximum atomic E-state index is 12.1. The summed E-state index contributed by atoms with van der Waals surface area (Å²) in [6.07, 6.45) is 4.78. The summed E-state index contributed by atoms with van der Waals surface area (Å²) in [4.78, 5) is 31.5. The first-order valence-electron chi connectivity index (χ1n) is 8.64. The highest BCUT2D eigenvalue weighted by atomic mass is 16.5. The average molecular weight is 334 g/mol. The molecule has 2 saturated heterocycles. The highest BCUT2D eigenvalue weighted by Gasteiger charge is 2.29. The van der Waals surface area contributed by atoms with Crippen LogP contribution in [0.5, 0.6) is 6.01 Å². The first-order valence-corrected chi connectivity index (χ1v) is 8.64. The Morgan fingerprint density at radius 2 is 1.62 bits per heavy atom. The summed E-state index contributed by atoms with van der Waals surface area (Å²) in [6, 6.07) is 0.425. The number of likely N-dealkylation sites (N-methyl/N-ethyl adjacent to an activating group) is 1. The fraction of sp³-hybridized carbons (Fsp3) is 0.750. The molecule has 8 heteroatoms. The number of piperazine rings is 1. The zero-order valence-corrected chi connectivity index (χ0v) is 14.7. The van der Waals surface area contributed by atoms with E-state index in [9.17, 15) is 4.79 Å². The van der Waals surface area contributed by atoms with Gasteiger partial charge in [-0.05, 0) is 19.8 Å². The molecule has 0 N–H and O–H groups in total. The summed E-state index contributed by atoms with van der Waals surface area (Å²) in [5.74, 6) is 1.25. The van der Waals surface area contributed by atoms with E-state index in [1.807, 2.05) is 18.9 Å². The minimum absolute atomic E-state index is 0.0736. The summed E-state index contributed by atoms with van der Waals surface area (Å²) < 4.78 is 5.27. The molecule has 0 saturated carbocycles. The largest absolute Gasteiger partial charge is 0.467 e. The van der Waals surface area contributed by atoms with Crippen LogP contribution in [0.15, 0.2) is 0 Å². The summed E-state index contributed by atoms with van der Waals surface area (Å²) in [6.45, 7) is 4.91. The van der Waals surface area contributed by atoms with Gasteiger partial charge in [0.25, 0.3) is 0 Å². The predicted molar refractivity (Wildman–Crippen MR) is 91.5 cm³/mol. The van der Waals surface area contributed by atoms with Gasteiger partial charge in [-0.15, -0.1) is 0 Å². The summed E-state index contributed by atoms with van der Waals surface area (Å²) in [7, 11) is 3.39. The standard InChI is InChI=1S/C16H26N6O2/c1-12-10-22(11-13(23)20(12)2)15-17-14(18-16(19-15)24-3)21-8-6-4-5-7-9-21/h12H,4-11H2,1-3H3/t12-/m1/s1. The lowest BCUT2D eigenvalue weighted by Crippen LogP contribution is -2.54. The van der Waals surface area contributed by atoms with Gasteiger partial charge in [-0.1, -0.05) is 12.8 Å². The van der Waals surface area contributed by atoms with Gasteiger partial charge < -0.3 is 19.4 Å². The van der Waals surface area contributed by atoms with E-state index in [0.29, 0.717) is 24.5 Å². The number of ether oxygens (including phenoxy) is 1. The second kappa shape index (κ2) is 7.19. The normalized spacial score (nSPS) is 22.5. The lowest BCUT2D eigenvalue weighted by molar-refractivity contribution is -0.131. The molecule has 2 aliphatic heterocycles. The number of rotatable bonds is 3. The molecule has 24 heavy (non-hydrogen) atoms.